The molecular formula is C15H19BrF3NO. The lowest BCUT2D eigenvalue weighted by atomic mass is 9.90. The Balaban J connectivity index is 2.52. The predicted octanol–water partition coefficient (Wildman–Crippen LogP) is 4.18. The Labute approximate surface area is 131 Å². The van der Waals surface area contributed by atoms with Gasteiger partial charge in [-0.1, -0.05) is 41.9 Å². The second kappa shape index (κ2) is 7.29. The standard InChI is InChI=1S/C15H19BrF3NO/c1-14(2,7-8-16)10-20-13(21)9-11-3-5-12(6-4-11)15(17,18)19/h3-6H,7-10H2,1-2H3,(H,20,21). The Bertz CT molecular complexity index is 469. The molecule has 21 heavy (non-hydrogen) atoms. The van der Waals surface area contributed by atoms with Crippen molar-refractivity contribution in [2.24, 2.45) is 5.41 Å². The maximum atomic E-state index is 12.4. The summed E-state index contributed by atoms with van der Waals surface area (Å²) >= 11 is 3.36. The van der Waals surface area contributed by atoms with E-state index in [9.17, 15) is 18.0 Å². The molecule has 0 atom stereocenters. The van der Waals surface area contributed by atoms with Gasteiger partial charge >= 0.3 is 6.18 Å². The number of nitrogens with one attached hydrogen (secondary N) is 1. The van der Waals surface area contributed by atoms with E-state index in [1.54, 1.807) is 0 Å². The summed E-state index contributed by atoms with van der Waals surface area (Å²) in [5.41, 5.74) is -0.150. The van der Waals surface area contributed by atoms with E-state index in [-0.39, 0.29) is 17.7 Å². The monoisotopic (exact) mass is 365 g/mol. The first-order valence-electron chi connectivity index (χ1n) is 6.63. The largest absolute Gasteiger partial charge is 0.416 e. The predicted molar refractivity (Wildman–Crippen MR) is 80.3 cm³/mol. The Morgan fingerprint density at radius 3 is 2.24 bits per heavy atom. The second-order valence-corrected chi connectivity index (χ2v) is 6.54. The van der Waals surface area contributed by atoms with E-state index in [1.807, 2.05) is 13.8 Å². The molecule has 118 valence electrons. The molecule has 1 amide bonds. The Hall–Kier alpha value is -1.04. The van der Waals surface area contributed by atoms with Gasteiger partial charge in [-0.2, -0.15) is 13.2 Å². The fourth-order valence-corrected chi connectivity index (χ4v) is 2.81. The molecule has 6 heteroatoms. The first kappa shape index (κ1) is 18.0. The van der Waals surface area contributed by atoms with Gasteiger partial charge < -0.3 is 5.32 Å². The Morgan fingerprint density at radius 1 is 1.19 bits per heavy atom. The molecule has 0 unspecified atom stereocenters. The summed E-state index contributed by atoms with van der Waals surface area (Å²) < 4.78 is 37.3. The van der Waals surface area contributed by atoms with E-state index in [4.69, 9.17) is 0 Å². The van der Waals surface area contributed by atoms with Crippen LogP contribution in [-0.2, 0) is 17.4 Å². The summed E-state index contributed by atoms with van der Waals surface area (Å²) in [5.74, 6) is -0.183. The van der Waals surface area contributed by atoms with Crippen molar-refractivity contribution in [1.29, 1.82) is 0 Å². The zero-order valence-corrected chi connectivity index (χ0v) is 13.6. The van der Waals surface area contributed by atoms with Crippen LogP contribution < -0.4 is 5.32 Å². The number of benzene rings is 1. The van der Waals surface area contributed by atoms with E-state index in [0.717, 1.165) is 23.9 Å². The van der Waals surface area contributed by atoms with E-state index in [2.05, 4.69) is 21.2 Å². The highest BCUT2D eigenvalue weighted by Crippen LogP contribution is 2.29. The summed E-state index contributed by atoms with van der Waals surface area (Å²) in [6.45, 7) is 4.64. The zero-order chi connectivity index (χ0) is 16.1. The number of alkyl halides is 4. The quantitative estimate of drug-likeness (QED) is 0.753. The number of carbonyl (C=O) groups is 1. The molecule has 0 fully saturated rings. The SMILES string of the molecule is CC(C)(CCBr)CNC(=O)Cc1ccc(C(F)(F)F)cc1. The van der Waals surface area contributed by atoms with E-state index >= 15 is 0 Å². The minimum Gasteiger partial charge on any atom is -0.355 e. The van der Waals surface area contributed by atoms with Gasteiger partial charge in [0.2, 0.25) is 5.91 Å². The van der Waals surface area contributed by atoms with Crippen molar-refractivity contribution in [1.82, 2.24) is 5.32 Å². The van der Waals surface area contributed by atoms with E-state index < -0.39 is 11.7 Å². The van der Waals surface area contributed by atoms with Gasteiger partial charge in [0.15, 0.2) is 0 Å². The molecule has 0 radical (unpaired) electrons. The van der Waals surface area contributed by atoms with Crippen LogP contribution in [0.2, 0.25) is 0 Å². The van der Waals surface area contributed by atoms with Gasteiger partial charge in [0.05, 0.1) is 12.0 Å². The van der Waals surface area contributed by atoms with Crippen LogP contribution >= 0.6 is 15.9 Å². The van der Waals surface area contributed by atoms with Gasteiger partial charge in [-0.25, -0.2) is 0 Å². The van der Waals surface area contributed by atoms with Crippen molar-refractivity contribution in [2.75, 3.05) is 11.9 Å². The molecule has 0 aromatic heterocycles. The number of amides is 1. The van der Waals surface area contributed by atoms with E-state index in [1.165, 1.54) is 12.1 Å². The van der Waals surface area contributed by atoms with Gasteiger partial charge in [-0.15, -0.1) is 0 Å². The molecule has 0 aliphatic rings. The third-order valence-electron chi connectivity index (χ3n) is 3.18. The zero-order valence-electron chi connectivity index (χ0n) is 12.1. The average Bonchev–Trinajstić information content (AvgIpc) is 2.36. The van der Waals surface area contributed by atoms with Crippen molar-refractivity contribution in [3.63, 3.8) is 0 Å². The molecule has 0 saturated heterocycles. The minimum atomic E-state index is -4.35. The van der Waals surface area contributed by atoms with Gasteiger partial charge in [-0.05, 0) is 29.5 Å². The molecule has 1 aromatic carbocycles. The summed E-state index contributed by atoms with van der Waals surface area (Å²) in [7, 11) is 0. The molecule has 0 aliphatic heterocycles. The number of carbonyl (C=O) groups excluding carboxylic acids is 1. The number of hydrogen-bond acceptors (Lipinski definition) is 1. The van der Waals surface area contributed by atoms with Crippen LogP contribution in [0, 0.1) is 5.41 Å². The summed E-state index contributed by atoms with van der Waals surface area (Å²) in [4.78, 5) is 11.8. The lowest BCUT2D eigenvalue weighted by Crippen LogP contribution is -2.35. The third-order valence-corrected chi connectivity index (χ3v) is 3.58. The normalized spacial score (nSPS) is 12.3. The van der Waals surface area contributed by atoms with Crippen LogP contribution in [0.1, 0.15) is 31.4 Å². The second-order valence-electron chi connectivity index (χ2n) is 5.75. The fourth-order valence-electron chi connectivity index (χ4n) is 1.74. The van der Waals surface area contributed by atoms with E-state index in [0.29, 0.717) is 12.1 Å². The molecular weight excluding hydrogens is 347 g/mol. The molecule has 2 nitrogen and oxygen atoms in total. The molecule has 0 spiro atoms. The lowest BCUT2D eigenvalue weighted by molar-refractivity contribution is -0.137. The fraction of sp³-hybridized carbons (Fsp3) is 0.533. The minimum absolute atomic E-state index is 0.0146. The molecule has 0 heterocycles. The molecule has 0 aliphatic carbocycles. The highest BCUT2D eigenvalue weighted by molar-refractivity contribution is 9.09. The maximum Gasteiger partial charge on any atom is 0.416 e. The average molecular weight is 366 g/mol. The van der Waals surface area contributed by atoms with Crippen LogP contribution in [0.4, 0.5) is 13.2 Å². The Morgan fingerprint density at radius 2 is 1.76 bits per heavy atom. The van der Waals surface area contributed by atoms with Crippen molar-refractivity contribution in [3.8, 4) is 0 Å². The van der Waals surface area contributed by atoms with Gasteiger partial charge in [0.1, 0.15) is 0 Å². The van der Waals surface area contributed by atoms with Crippen molar-refractivity contribution >= 4 is 21.8 Å². The van der Waals surface area contributed by atoms with Crippen LogP contribution in [0.3, 0.4) is 0 Å². The highest BCUT2D eigenvalue weighted by Gasteiger charge is 2.30. The van der Waals surface area contributed by atoms with Gasteiger partial charge in [0, 0.05) is 11.9 Å². The van der Waals surface area contributed by atoms with Crippen molar-refractivity contribution in [2.45, 2.75) is 32.9 Å². The van der Waals surface area contributed by atoms with Gasteiger partial charge in [-0.3, -0.25) is 4.79 Å². The first-order chi connectivity index (χ1) is 9.64. The topological polar surface area (TPSA) is 29.1 Å². The summed E-state index contributed by atoms with van der Waals surface area (Å²) in [5, 5.41) is 3.68. The Kier molecular flexibility index (Phi) is 6.25. The van der Waals surface area contributed by atoms with Crippen LogP contribution in [-0.4, -0.2) is 17.8 Å². The smallest absolute Gasteiger partial charge is 0.355 e. The van der Waals surface area contributed by atoms with Crippen LogP contribution in [0.5, 0.6) is 0 Å². The summed E-state index contributed by atoms with van der Waals surface area (Å²) in [6, 6.07) is 4.67. The molecule has 1 aromatic rings. The number of rotatable bonds is 6. The number of halogens is 4. The summed E-state index contributed by atoms with van der Waals surface area (Å²) in [6.07, 6.45) is -3.34. The van der Waals surface area contributed by atoms with Gasteiger partial charge in [0.25, 0.3) is 0 Å². The van der Waals surface area contributed by atoms with Crippen molar-refractivity contribution < 1.29 is 18.0 Å². The molecule has 0 bridgehead atoms. The lowest BCUT2D eigenvalue weighted by Gasteiger charge is -2.23. The van der Waals surface area contributed by atoms with Crippen molar-refractivity contribution in [3.05, 3.63) is 35.4 Å². The molecule has 1 N–H and O–H groups in total. The van der Waals surface area contributed by atoms with Crippen LogP contribution in [0.25, 0.3) is 0 Å². The maximum absolute atomic E-state index is 12.4. The highest BCUT2D eigenvalue weighted by atomic mass is 79.9. The molecule has 0 saturated carbocycles. The molecule has 1 rings (SSSR count). The third kappa shape index (κ3) is 6.50. The number of hydrogen-bond donors (Lipinski definition) is 1. The van der Waals surface area contributed by atoms with Crippen LogP contribution in [0.15, 0.2) is 24.3 Å². The first-order valence-corrected chi connectivity index (χ1v) is 7.75.